The summed E-state index contributed by atoms with van der Waals surface area (Å²) in [7, 11) is 0. The Balaban J connectivity index is 2.37. The third kappa shape index (κ3) is 2.64. The van der Waals surface area contributed by atoms with Crippen LogP contribution in [0.15, 0.2) is 22.6 Å². The SMILES string of the molecule is CCCc1cc(N)nc(-c2ccc(CC)o2)n1. The predicted octanol–water partition coefficient (Wildman–Crippen LogP) is 2.83. The number of hydrogen-bond acceptors (Lipinski definition) is 4. The molecule has 0 radical (unpaired) electrons. The van der Waals surface area contributed by atoms with E-state index in [1.165, 1.54) is 0 Å². The molecular formula is C13H17N3O. The van der Waals surface area contributed by atoms with Crippen molar-refractivity contribution in [2.24, 2.45) is 0 Å². The fourth-order valence-electron chi connectivity index (χ4n) is 1.70. The highest BCUT2D eigenvalue weighted by atomic mass is 16.3. The fourth-order valence-corrected chi connectivity index (χ4v) is 1.70. The van der Waals surface area contributed by atoms with Crippen molar-refractivity contribution in [1.29, 1.82) is 0 Å². The molecule has 0 aliphatic heterocycles. The van der Waals surface area contributed by atoms with E-state index in [9.17, 15) is 0 Å². The summed E-state index contributed by atoms with van der Waals surface area (Å²) in [6.45, 7) is 4.16. The Morgan fingerprint density at radius 2 is 2.06 bits per heavy atom. The summed E-state index contributed by atoms with van der Waals surface area (Å²) in [5, 5.41) is 0. The maximum absolute atomic E-state index is 5.77. The van der Waals surface area contributed by atoms with E-state index < -0.39 is 0 Å². The molecule has 17 heavy (non-hydrogen) atoms. The molecular weight excluding hydrogens is 214 g/mol. The van der Waals surface area contributed by atoms with Gasteiger partial charge in [0.05, 0.1) is 0 Å². The monoisotopic (exact) mass is 231 g/mol. The van der Waals surface area contributed by atoms with Crippen LogP contribution in [0.5, 0.6) is 0 Å². The Bertz CT molecular complexity index is 505. The maximum atomic E-state index is 5.77. The summed E-state index contributed by atoms with van der Waals surface area (Å²) in [6.07, 6.45) is 2.81. The first-order chi connectivity index (χ1) is 8.22. The van der Waals surface area contributed by atoms with E-state index in [0.717, 1.165) is 30.7 Å². The van der Waals surface area contributed by atoms with Crippen molar-refractivity contribution in [3.63, 3.8) is 0 Å². The highest BCUT2D eigenvalue weighted by molar-refractivity contribution is 5.50. The lowest BCUT2D eigenvalue weighted by Gasteiger charge is -2.02. The smallest absolute Gasteiger partial charge is 0.197 e. The number of rotatable bonds is 4. The molecule has 0 bridgehead atoms. The van der Waals surface area contributed by atoms with Crippen LogP contribution in [0.3, 0.4) is 0 Å². The largest absolute Gasteiger partial charge is 0.458 e. The highest BCUT2D eigenvalue weighted by Gasteiger charge is 2.09. The Morgan fingerprint density at radius 1 is 1.24 bits per heavy atom. The second-order valence-corrected chi connectivity index (χ2v) is 3.98. The minimum atomic E-state index is 0.493. The van der Waals surface area contributed by atoms with E-state index in [4.69, 9.17) is 10.2 Å². The van der Waals surface area contributed by atoms with Crippen LogP contribution in [0.4, 0.5) is 5.82 Å². The van der Waals surface area contributed by atoms with Gasteiger partial charge in [0, 0.05) is 18.2 Å². The number of nitrogens with two attached hydrogens (primary N) is 1. The summed E-state index contributed by atoms with van der Waals surface area (Å²) in [4.78, 5) is 8.66. The standard InChI is InChI=1S/C13H17N3O/c1-3-5-9-8-12(14)16-13(15-9)11-7-6-10(4-2)17-11/h6-8H,3-5H2,1-2H3,(H2,14,15,16). The van der Waals surface area contributed by atoms with Crippen LogP contribution >= 0.6 is 0 Å². The lowest BCUT2D eigenvalue weighted by Crippen LogP contribution is -1.99. The number of nitrogens with zero attached hydrogens (tertiary/aromatic N) is 2. The van der Waals surface area contributed by atoms with Crippen LogP contribution in [-0.2, 0) is 12.8 Å². The Kier molecular flexibility index (Phi) is 3.42. The Morgan fingerprint density at radius 3 is 2.71 bits per heavy atom. The molecule has 2 aromatic heterocycles. The van der Waals surface area contributed by atoms with Crippen molar-refractivity contribution >= 4 is 5.82 Å². The van der Waals surface area contributed by atoms with Crippen molar-refractivity contribution in [3.05, 3.63) is 29.7 Å². The summed E-state index contributed by atoms with van der Waals surface area (Å²) >= 11 is 0. The van der Waals surface area contributed by atoms with Gasteiger partial charge in [-0.1, -0.05) is 20.3 Å². The van der Waals surface area contributed by atoms with E-state index >= 15 is 0 Å². The third-order valence-electron chi connectivity index (χ3n) is 2.54. The maximum Gasteiger partial charge on any atom is 0.197 e. The second-order valence-electron chi connectivity index (χ2n) is 3.98. The van der Waals surface area contributed by atoms with Gasteiger partial charge in [-0.05, 0) is 18.6 Å². The number of hydrogen-bond donors (Lipinski definition) is 1. The van der Waals surface area contributed by atoms with Crippen LogP contribution in [0.2, 0.25) is 0 Å². The molecule has 4 heteroatoms. The molecule has 0 saturated heterocycles. The quantitative estimate of drug-likeness (QED) is 0.878. The Hall–Kier alpha value is -1.84. The Labute approximate surface area is 101 Å². The van der Waals surface area contributed by atoms with Crippen molar-refractivity contribution in [2.45, 2.75) is 33.1 Å². The third-order valence-corrected chi connectivity index (χ3v) is 2.54. The van der Waals surface area contributed by atoms with Gasteiger partial charge in [0.2, 0.25) is 0 Å². The van der Waals surface area contributed by atoms with Gasteiger partial charge < -0.3 is 10.2 Å². The molecule has 90 valence electrons. The van der Waals surface area contributed by atoms with Gasteiger partial charge in [0.1, 0.15) is 11.6 Å². The fraction of sp³-hybridized carbons (Fsp3) is 0.385. The van der Waals surface area contributed by atoms with Crippen molar-refractivity contribution in [3.8, 4) is 11.6 Å². The molecule has 2 heterocycles. The first-order valence-corrected chi connectivity index (χ1v) is 5.95. The summed E-state index contributed by atoms with van der Waals surface area (Å²) in [5.41, 5.74) is 6.74. The molecule has 2 rings (SSSR count). The minimum Gasteiger partial charge on any atom is -0.458 e. The molecule has 2 aromatic rings. The van der Waals surface area contributed by atoms with Crippen molar-refractivity contribution < 1.29 is 4.42 Å². The normalized spacial score (nSPS) is 10.7. The zero-order valence-electron chi connectivity index (χ0n) is 10.2. The second kappa shape index (κ2) is 4.99. The lowest BCUT2D eigenvalue weighted by atomic mass is 10.2. The van der Waals surface area contributed by atoms with Crippen LogP contribution in [0.1, 0.15) is 31.7 Å². The summed E-state index contributed by atoms with van der Waals surface area (Å²) < 4.78 is 5.63. The summed E-state index contributed by atoms with van der Waals surface area (Å²) in [5.74, 6) is 2.69. The first-order valence-electron chi connectivity index (χ1n) is 5.95. The van der Waals surface area contributed by atoms with Crippen LogP contribution in [-0.4, -0.2) is 9.97 Å². The lowest BCUT2D eigenvalue weighted by molar-refractivity contribution is 0.525. The first kappa shape index (κ1) is 11.6. The molecule has 0 aliphatic rings. The average molecular weight is 231 g/mol. The minimum absolute atomic E-state index is 0.493. The van der Waals surface area contributed by atoms with Gasteiger partial charge in [-0.15, -0.1) is 0 Å². The summed E-state index contributed by atoms with van der Waals surface area (Å²) in [6, 6.07) is 5.65. The van der Waals surface area contributed by atoms with E-state index in [0.29, 0.717) is 17.4 Å². The zero-order valence-corrected chi connectivity index (χ0v) is 10.2. The van der Waals surface area contributed by atoms with Crippen molar-refractivity contribution in [1.82, 2.24) is 9.97 Å². The van der Waals surface area contributed by atoms with E-state index in [2.05, 4.69) is 16.9 Å². The molecule has 4 nitrogen and oxygen atoms in total. The molecule has 0 amide bonds. The number of aryl methyl sites for hydroxylation is 2. The van der Waals surface area contributed by atoms with Crippen LogP contribution < -0.4 is 5.73 Å². The van der Waals surface area contributed by atoms with Crippen LogP contribution in [0, 0.1) is 0 Å². The van der Waals surface area contributed by atoms with E-state index in [1.54, 1.807) is 0 Å². The molecule has 0 aliphatic carbocycles. The molecule has 0 fully saturated rings. The number of aromatic nitrogens is 2. The molecule has 2 N–H and O–H groups in total. The predicted molar refractivity (Wildman–Crippen MR) is 67.5 cm³/mol. The van der Waals surface area contributed by atoms with Gasteiger partial charge in [-0.25, -0.2) is 9.97 Å². The number of nitrogen functional groups attached to an aromatic ring is 1. The van der Waals surface area contributed by atoms with Gasteiger partial charge in [-0.2, -0.15) is 0 Å². The number of furan rings is 1. The van der Waals surface area contributed by atoms with Gasteiger partial charge in [0.25, 0.3) is 0 Å². The molecule has 0 spiro atoms. The number of anilines is 1. The molecule has 0 atom stereocenters. The van der Waals surface area contributed by atoms with E-state index in [-0.39, 0.29) is 0 Å². The molecule has 0 aromatic carbocycles. The van der Waals surface area contributed by atoms with E-state index in [1.807, 2.05) is 25.1 Å². The zero-order chi connectivity index (χ0) is 12.3. The van der Waals surface area contributed by atoms with Crippen LogP contribution in [0.25, 0.3) is 11.6 Å². The topological polar surface area (TPSA) is 64.9 Å². The molecule has 0 saturated carbocycles. The average Bonchev–Trinajstić information content (AvgIpc) is 2.77. The van der Waals surface area contributed by atoms with Gasteiger partial charge in [-0.3, -0.25) is 0 Å². The van der Waals surface area contributed by atoms with Gasteiger partial charge >= 0.3 is 0 Å². The molecule has 0 unspecified atom stereocenters. The van der Waals surface area contributed by atoms with Crippen molar-refractivity contribution in [2.75, 3.05) is 5.73 Å². The van der Waals surface area contributed by atoms with Gasteiger partial charge in [0.15, 0.2) is 11.6 Å². The highest BCUT2D eigenvalue weighted by Crippen LogP contribution is 2.20.